The maximum atomic E-state index is 12.8. The minimum Gasteiger partial charge on any atom is -0.351 e. The SMILES string of the molecule is C[C@H](Sc1ccc(Cl)cc1)C(=O)NCc1ccc(F)cc1. The van der Waals surface area contributed by atoms with Gasteiger partial charge in [0.15, 0.2) is 0 Å². The highest BCUT2D eigenvalue weighted by atomic mass is 35.5. The topological polar surface area (TPSA) is 29.1 Å². The Morgan fingerprint density at radius 3 is 2.43 bits per heavy atom. The molecular weight excluding hydrogens is 309 g/mol. The van der Waals surface area contributed by atoms with E-state index in [0.717, 1.165) is 10.5 Å². The maximum Gasteiger partial charge on any atom is 0.233 e. The highest BCUT2D eigenvalue weighted by molar-refractivity contribution is 8.00. The largest absolute Gasteiger partial charge is 0.351 e. The highest BCUT2D eigenvalue weighted by Gasteiger charge is 2.13. The second-order valence-electron chi connectivity index (χ2n) is 4.56. The van der Waals surface area contributed by atoms with Crippen LogP contribution in [0.5, 0.6) is 0 Å². The maximum absolute atomic E-state index is 12.8. The molecular formula is C16H15ClFNOS. The number of carbonyl (C=O) groups excluding carboxylic acids is 1. The van der Waals surface area contributed by atoms with Gasteiger partial charge < -0.3 is 5.32 Å². The molecule has 2 rings (SSSR count). The van der Waals surface area contributed by atoms with Gasteiger partial charge in [0.2, 0.25) is 5.91 Å². The molecule has 2 aromatic carbocycles. The van der Waals surface area contributed by atoms with Gasteiger partial charge in [0, 0.05) is 16.5 Å². The third-order valence-electron chi connectivity index (χ3n) is 2.88. The molecule has 0 saturated carbocycles. The Labute approximate surface area is 132 Å². The molecule has 1 atom stereocenters. The number of halogens is 2. The Hall–Kier alpha value is -1.52. The summed E-state index contributed by atoms with van der Waals surface area (Å²) in [5.41, 5.74) is 0.869. The highest BCUT2D eigenvalue weighted by Crippen LogP contribution is 2.24. The van der Waals surface area contributed by atoms with Crippen molar-refractivity contribution in [3.63, 3.8) is 0 Å². The number of rotatable bonds is 5. The zero-order valence-corrected chi connectivity index (χ0v) is 13.0. The standard InChI is InChI=1S/C16H15ClFNOS/c1-11(21-15-8-4-13(17)5-9-15)16(20)19-10-12-2-6-14(18)7-3-12/h2-9,11H,10H2,1H3,(H,19,20)/t11-/m0/s1. The van der Waals surface area contributed by atoms with E-state index in [2.05, 4.69) is 5.32 Å². The zero-order valence-electron chi connectivity index (χ0n) is 11.5. The molecule has 21 heavy (non-hydrogen) atoms. The van der Waals surface area contributed by atoms with E-state index in [4.69, 9.17) is 11.6 Å². The molecule has 5 heteroatoms. The van der Waals surface area contributed by atoms with Crippen molar-refractivity contribution in [3.05, 3.63) is 64.9 Å². The van der Waals surface area contributed by atoms with Crippen LogP contribution in [0.1, 0.15) is 12.5 Å². The number of hydrogen-bond donors (Lipinski definition) is 1. The van der Waals surface area contributed by atoms with Crippen molar-refractivity contribution in [3.8, 4) is 0 Å². The van der Waals surface area contributed by atoms with Gasteiger partial charge in [-0.05, 0) is 48.9 Å². The first-order valence-electron chi connectivity index (χ1n) is 6.49. The minimum absolute atomic E-state index is 0.0562. The van der Waals surface area contributed by atoms with Crippen molar-refractivity contribution >= 4 is 29.3 Å². The molecule has 0 radical (unpaired) electrons. The molecule has 0 fully saturated rings. The first kappa shape index (κ1) is 15.9. The molecule has 1 N–H and O–H groups in total. The summed E-state index contributed by atoms with van der Waals surface area (Å²) in [6, 6.07) is 13.5. The van der Waals surface area contributed by atoms with Gasteiger partial charge in [-0.2, -0.15) is 0 Å². The third kappa shape index (κ3) is 5.06. The Kier molecular flexibility index (Phi) is 5.65. The van der Waals surface area contributed by atoms with E-state index in [1.807, 2.05) is 19.1 Å². The number of nitrogens with one attached hydrogen (secondary N) is 1. The molecule has 2 nitrogen and oxygen atoms in total. The third-order valence-corrected chi connectivity index (χ3v) is 4.24. The van der Waals surface area contributed by atoms with Crippen LogP contribution in [0, 0.1) is 5.82 Å². The van der Waals surface area contributed by atoms with Gasteiger partial charge in [-0.3, -0.25) is 4.79 Å². The summed E-state index contributed by atoms with van der Waals surface area (Å²) in [6.07, 6.45) is 0. The van der Waals surface area contributed by atoms with Crippen LogP contribution >= 0.6 is 23.4 Å². The summed E-state index contributed by atoms with van der Waals surface area (Å²) < 4.78 is 12.8. The molecule has 0 aliphatic carbocycles. The lowest BCUT2D eigenvalue weighted by atomic mass is 10.2. The first-order chi connectivity index (χ1) is 10.0. The van der Waals surface area contributed by atoms with Crippen LogP contribution < -0.4 is 5.32 Å². The lowest BCUT2D eigenvalue weighted by Gasteiger charge is -2.12. The lowest BCUT2D eigenvalue weighted by molar-refractivity contribution is -0.120. The summed E-state index contributed by atoms with van der Waals surface area (Å²) in [6.45, 7) is 2.24. The molecule has 0 spiro atoms. The molecule has 2 aromatic rings. The van der Waals surface area contributed by atoms with Gasteiger partial charge in [-0.15, -0.1) is 11.8 Å². The van der Waals surface area contributed by atoms with Gasteiger partial charge in [0.1, 0.15) is 5.82 Å². The average molecular weight is 324 g/mol. The van der Waals surface area contributed by atoms with Crippen LogP contribution in [0.15, 0.2) is 53.4 Å². The van der Waals surface area contributed by atoms with E-state index in [1.165, 1.54) is 23.9 Å². The van der Waals surface area contributed by atoms with Gasteiger partial charge >= 0.3 is 0 Å². The number of hydrogen-bond acceptors (Lipinski definition) is 2. The molecule has 0 unspecified atom stereocenters. The van der Waals surface area contributed by atoms with E-state index >= 15 is 0 Å². The van der Waals surface area contributed by atoms with Crippen molar-refractivity contribution in [2.45, 2.75) is 23.6 Å². The summed E-state index contributed by atoms with van der Waals surface area (Å²) >= 11 is 7.29. The van der Waals surface area contributed by atoms with Gasteiger partial charge in [-0.1, -0.05) is 23.7 Å². The molecule has 110 valence electrons. The Balaban J connectivity index is 1.84. The Morgan fingerprint density at radius 1 is 1.19 bits per heavy atom. The summed E-state index contributed by atoms with van der Waals surface area (Å²) in [4.78, 5) is 13.0. The first-order valence-corrected chi connectivity index (χ1v) is 7.75. The molecule has 0 aromatic heterocycles. The Morgan fingerprint density at radius 2 is 1.81 bits per heavy atom. The van der Waals surface area contributed by atoms with Gasteiger partial charge in [0.25, 0.3) is 0 Å². The predicted octanol–water partition coefficient (Wildman–Crippen LogP) is 4.28. The van der Waals surface area contributed by atoms with Gasteiger partial charge in [0.05, 0.1) is 5.25 Å². The zero-order chi connectivity index (χ0) is 15.2. The smallest absolute Gasteiger partial charge is 0.233 e. The summed E-state index contributed by atoms with van der Waals surface area (Å²) in [7, 11) is 0. The fourth-order valence-electron chi connectivity index (χ4n) is 1.71. The second-order valence-corrected chi connectivity index (χ2v) is 6.41. The van der Waals surface area contributed by atoms with Crippen LogP contribution in [-0.4, -0.2) is 11.2 Å². The van der Waals surface area contributed by atoms with E-state index in [1.54, 1.807) is 24.3 Å². The van der Waals surface area contributed by atoms with Crippen LogP contribution in [0.4, 0.5) is 4.39 Å². The van der Waals surface area contributed by atoms with E-state index < -0.39 is 0 Å². The van der Waals surface area contributed by atoms with Crippen LogP contribution in [0.2, 0.25) is 5.02 Å². The molecule has 1 amide bonds. The van der Waals surface area contributed by atoms with Crippen molar-refractivity contribution in [1.29, 1.82) is 0 Å². The van der Waals surface area contributed by atoms with Crippen LogP contribution in [0.3, 0.4) is 0 Å². The van der Waals surface area contributed by atoms with E-state index in [9.17, 15) is 9.18 Å². The quantitative estimate of drug-likeness (QED) is 0.832. The lowest BCUT2D eigenvalue weighted by Crippen LogP contribution is -2.30. The van der Waals surface area contributed by atoms with Crippen LogP contribution in [-0.2, 0) is 11.3 Å². The number of thioether (sulfide) groups is 1. The van der Waals surface area contributed by atoms with E-state index in [0.29, 0.717) is 11.6 Å². The van der Waals surface area contributed by atoms with Crippen molar-refractivity contribution in [1.82, 2.24) is 5.32 Å². The fourth-order valence-corrected chi connectivity index (χ4v) is 2.72. The van der Waals surface area contributed by atoms with Crippen molar-refractivity contribution in [2.75, 3.05) is 0 Å². The molecule has 0 saturated heterocycles. The molecule has 0 aliphatic heterocycles. The number of amides is 1. The van der Waals surface area contributed by atoms with E-state index in [-0.39, 0.29) is 17.0 Å². The summed E-state index contributed by atoms with van der Waals surface area (Å²) in [5, 5.41) is 3.30. The normalized spacial score (nSPS) is 12.0. The molecule has 0 aliphatic rings. The van der Waals surface area contributed by atoms with Crippen molar-refractivity contribution in [2.24, 2.45) is 0 Å². The summed E-state index contributed by atoms with van der Waals surface area (Å²) in [5.74, 6) is -0.337. The number of benzene rings is 2. The molecule has 0 heterocycles. The van der Waals surface area contributed by atoms with Crippen molar-refractivity contribution < 1.29 is 9.18 Å². The second kappa shape index (κ2) is 7.48. The monoisotopic (exact) mass is 323 g/mol. The average Bonchev–Trinajstić information content (AvgIpc) is 2.48. The van der Waals surface area contributed by atoms with Gasteiger partial charge in [-0.25, -0.2) is 4.39 Å². The minimum atomic E-state index is -0.281. The predicted molar refractivity (Wildman–Crippen MR) is 85.0 cm³/mol. The fraction of sp³-hybridized carbons (Fsp3) is 0.188. The van der Waals surface area contributed by atoms with Crippen LogP contribution in [0.25, 0.3) is 0 Å². The Bertz CT molecular complexity index is 601. The number of carbonyl (C=O) groups is 1. The molecule has 0 bridgehead atoms.